The van der Waals surface area contributed by atoms with Crippen LogP contribution in [-0.4, -0.2) is 25.7 Å². The average Bonchev–Trinajstić information content (AvgIpc) is 3.22. The van der Waals surface area contributed by atoms with Crippen LogP contribution in [0.3, 0.4) is 0 Å². The van der Waals surface area contributed by atoms with Crippen LogP contribution in [0.4, 0.5) is 18.3 Å². The van der Waals surface area contributed by atoms with Crippen LogP contribution in [0.1, 0.15) is 21.7 Å². The van der Waals surface area contributed by atoms with Gasteiger partial charge >= 0.3 is 6.18 Å². The standard InChI is InChI=1S/C21H14F3N5O2S/c1-12-9-17(30)18(28-29(12)16-7-3-2-6-14(16)21(22,23)24)19(31)27-20-26-15(11-32-20)13-5-4-8-25-10-13/h2-11H,1H3,(H,26,27,31). The van der Waals surface area contributed by atoms with E-state index in [9.17, 15) is 22.8 Å². The Balaban J connectivity index is 1.68. The van der Waals surface area contributed by atoms with Crippen LogP contribution in [0.2, 0.25) is 0 Å². The Labute approximate surface area is 183 Å². The second-order valence-electron chi connectivity index (χ2n) is 6.66. The highest BCUT2D eigenvalue weighted by molar-refractivity contribution is 7.14. The molecule has 4 aromatic rings. The van der Waals surface area contributed by atoms with E-state index in [4.69, 9.17) is 0 Å². The van der Waals surface area contributed by atoms with Gasteiger partial charge in [0.05, 0.1) is 16.9 Å². The van der Waals surface area contributed by atoms with Gasteiger partial charge in [0, 0.05) is 35.1 Å². The van der Waals surface area contributed by atoms with Gasteiger partial charge in [0.25, 0.3) is 5.91 Å². The van der Waals surface area contributed by atoms with E-state index in [2.05, 4.69) is 20.4 Å². The van der Waals surface area contributed by atoms with E-state index in [1.807, 2.05) is 0 Å². The second kappa shape index (κ2) is 8.35. The minimum Gasteiger partial charge on any atom is -0.296 e. The molecule has 0 bridgehead atoms. The Kier molecular flexibility index (Phi) is 5.57. The van der Waals surface area contributed by atoms with Gasteiger partial charge in [-0.2, -0.15) is 18.3 Å². The number of aryl methyl sites for hydroxylation is 1. The van der Waals surface area contributed by atoms with E-state index in [0.29, 0.717) is 5.69 Å². The van der Waals surface area contributed by atoms with Crippen molar-refractivity contribution in [3.05, 3.63) is 87.4 Å². The van der Waals surface area contributed by atoms with Gasteiger partial charge < -0.3 is 0 Å². The summed E-state index contributed by atoms with van der Waals surface area (Å²) < 4.78 is 41.3. The molecule has 3 heterocycles. The molecule has 162 valence electrons. The van der Waals surface area contributed by atoms with Crippen molar-refractivity contribution in [1.82, 2.24) is 19.7 Å². The average molecular weight is 457 g/mol. The van der Waals surface area contributed by atoms with Gasteiger partial charge in [-0.3, -0.25) is 19.9 Å². The molecule has 32 heavy (non-hydrogen) atoms. The van der Waals surface area contributed by atoms with Gasteiger partial charge in [-0.15, -0.1) is 11.3 Å². The number of nitrogens with zero attached hydrogens (tertiary/aromatic N) is 4. The summed E-state index contributed by atoms with van der Waals surface area (Å²) in [4.78, 5) is 33.4. The Morgan fingerprint density at radius 1 is 1.16 bits per heavy atom. The minimum absolute atomic E-state index is 0.149. The summed E-state index contributed by atoms with van der Waals surface area (Å²) in [6, 6.07) is 9.40. The number of hydrogen-bond donors (Lipinski definition) is 1. The third kappa shape index (κ3) is 4.28. The van der Waals surface area contributed by atoms with E-state index in [1.54, 1.807) is 29.9 Å². The number of pyridine rings is 1. The summed E-state index contributed by atoms with van der Waals surface area (Å²) >= 11 is 1.13. The molecule has 1 N–H and O–H groups in total. The summed E-state index contributed by atoms with van der Waals surface area (Å²) in [5, 5.41) is 8.33. The van der Waals surface area contributed by atoms with E-state index in [-0.39, 0.29) is 16.5 Å². The third-order valence-corrected chi connectivity index (χ3v) is 5.20. The van der Waals surface area contributed by atoms with Crippen LogP contribution in [0.5, 0.6) is 0 Å². The number of carbonyl (C=O) groups is 1. The molecule has 0 aliphatic rings. The number of benzene rings is 1. The molecule has 0 saturated carbocycles. The van der Waals surface area contributed by atoms with Crippen molar-refractivity contribution in [2.75, 3.05) is 5.32 Å². The first kappa shape index (κ1) is 21.4. The molecule has 0 saturated heterocycles. The topological polar surface area (TPSA) is 89.8 Å². The lowest BCUT2D eigenvalue weighted by Gasteiger charge is -2.16. The fourth-order valence-corrected chi connectivity index (χ4v) is 3.70. The van der Waals surface area contributed by atoms with Gasteiger partial charge in [0.1, 0.15) is 0 Å². The lowest BCUT2D eigenvalue weighted by atomic mass is 10.1. The predicted octanol–water partition coefficient (Wildman–Crippen LogP) is 4.33. The Bertz CT molecular complexity index is 1350. The maximum Gasteiger partial charge on any atom is 0.418 e. The lowest BCUT2D eigenvalue weighted by molar-refractivity contribution is -0.137. The lowest BCUT2D eigenvalue weighted by Crippen LogP contribution is -2.27. The SMILES string of the molecule is Cc1cc(=O)c(C(=O)Nc2nc(-c3cccnc3)cs2)nn1-c1ccccc1C(F)(F)F. The molecule has 1 aromatic carbocycles. The monoisotopic (exact) mass is 457 g/mol. The zero-order valence-corrected chi connectivity index (χ0v) is 17.2. The van der Waals surface area contributed by atoms with Crippen molar-refractivity contribution in [2.24, 2.45) is 0 Å². The molecule has 0 aliphatic heterocycles. The number of halogens is 3. The maximum atomic E-state index is 13.4. The summed E-state index contributed by atoms with van der Waals surface area (Å²) in [5.74, 6) is -0.875. The number of hydrogen-bond acceptors (Lipinski definition) is 6. The van der Waals surface area contributed by atoms with Crippen LogP contribution in [0.25, 0.3) is 16.9 Å². The Hall–Kier alpha value is -3.86. The van der Waals surface area contributed by atoms with Crippen LogP contribution in [-0.2, 0) is 6.18 Å². The zero-order valence-electron chi connectivity index (χ0n) is 16.4. The van der Waals surface area contributed by atoms with Gasteiger partial charge in [-0.1, -0.05) is 12.1 Å². The molecule has 0 spiro atoms. The van der Waals surface area contributed by atoms with Crippen LogP contribution >= 0.6 is 11.3 Å². The number of aromatic nitrogens is 4. The Morgan fingerprint density at radius 2 is 1.94 bits per heavy atom. The van der Waals surface area contributed by atoms with E-state index in [0.717, 1.165) is 33.7 Å². The molecule has 4 rings (SSSR count). The van der Waals surface area contributed by atoms with Gasteiger partial charge in [0.2, 0.25) is 5.43 Å². The normalized spacial score (nSPS) is 11.4. The maximum absolute atomic E-state index is 13.4. The van der Waals surface area contributed by atoms with E-state index < -0.39 is 28.8 Å². The quantitative estimate of drug-likeness (QED) is 0.493. The molecule has 0 radical (unpaired) electrons. The molecule has 7 nitrogen and oxygen atoms in total. The largest absolute Gasteiger partial charge is 0.418 e. The zero-order chi connectivity index (χ0) is 22.9. The van der Waals surface area contributed by atoms with Gasteiger partial charge in [-0.25, -0.2) is 9.67 Å². The molecular formula is C21H14F3N5O2S. The number of carbonyl (C=O) groups excluding carboxylic acids is 1. The van der Waals surface area contributed by atoms with E-state index >= 15 is 0 Å². The molecule has 0 fully saturated rings. The fourth-order valence-electron chi connectivity index (χ4n) is 2.98. The van der Waals surface area contributed by atoms with Crippen molar-refractivity contribution < 1.29 is 18.0 Å². The highest BCUT2D eigenvalue weighted by Crippen LogP contribution is 2.33. The molecule has 3 aromatic heterocycles. The molecular weight excluding hydrogens is 443 g/mol. The first-order valence-corrected chi connectivity index (χ1v) is 10.1. The third-order valence-electron chi connectivity index (χ3n) is 4.44. The predicted molar refractivity (Wildman–Crippen MR) is 113 cm³/mol. The first-order valence-electron chi connectivity index (χ1n) is 9.19. The molecule has 0 aliphatic carbocycles. The van der Waals surface area contributed by atoms with Crippen LogP contribution in [0, 0.1) is 6.92 Å². The van der Waals surface area contributed by atoms with Crippen molar-refractivity contribution in [3.8, 4) is 16.9 Å². The van der Waals surface area contributed by atoms with Crippen LogP contribution < -0.4 is 10.7 Å². The highest BCUT2D eigenvalue weighted by atomic mass is 32.1. The van der Waals surface area contributed by atoms with Crippen LogP contribution in [0.15, 0.2) is 65.0 Å². The number of amides is 1. The van der Waals surface area contributed by atoms with Crippen molar-refractivity contribution in [2.45, 2.75) is 13.1 Å². The smallest absolute Gasteiger partial charge is 0.296 e. The van der Waals surface area contributed by atoms with Gasteiger partial charge in [-0.05, 0) is 31.2 Å². The number of para-hydroxylation sites is 1. The fraction of sp³-hybridized carbons (Fsp3) is 0.0952. The molecule has 0 unspecified atom stereocenters. The number of alkyl halides is 3. The minimum atomic E-state index is -4.64. The van der Waals surface area contributed by atoms with Crippen molar-refractivity contribution >= 4 is 22.4 Å². The van der Waals surface area contributed by atoms with Gasteiger partial charge in [0.15, 0.2) is 10.8 Å². The Morgan fingerprint density at radius 3 is 2.66 bits per heavy atom. The summed E-state index contributed by atoms with van der Waals surface area (Å²) in [5.41, 5.74) is -1.03. The van der Waals surface area contributed by atoms with Crippen molar-refractivity contribution in [3.63, 3.8) is 0 Å². The van der Waals surface area contributed by atoms with Crippen molar-refractivity contribution in [1.29, 1.82) is 0 Å². The molecule has 1 amide bonds. The first-order chi connectivity index (χ1) is 15.2. The highest BCUT2D eigenvalue weighted by Gasteiger charge is 2.34. The number of rotatable bonds is 4. The number of anilines is 1. The molecule has 11 heteroatoms. The number of thiazole rings is 1. The molecule has 0 atom stereocenters. The second-order valence-corrected chi connectivity index (χ2v) is 7.52. The number of nitrogens with one attached hydrogen (secondary N) is 1. The summed E-state index contributed by atoms with van der Waals surface area (Å²) in [6.07, 6.45) is -1.41. The van der Waals surface area contributed by atoms with E-state index in [1.165, 1.54) is 25.1 Å². The summed E-state index contributed by atoms with van der Waals surface area (Å²) in [7, 11) is 0. The summed E-state index contributed by atoms with van der Waals surface area (Å²) in [6.45, 7) is 1.43.